The molecule has 0 heterocycles. The van der Waals surface area contributed by atoms with E-state index in [4.69, 9.17) is 15.0 Å². The van der Waals surface area contributed by atoms with Gasteiger partial charge in [-0.2, -0.15) is 0 Å². The molecule has 6 heteroatoms. The van der Waals surface area contributed by atoms with Gasteiger partial charge in [0.2, 0.25) is 0 Å². The lowest BCUT2D eigenvalue weighted by Gasteiger charge is -1.60. The summed E-state index contributed by atoms with van der Waals surface area (Å²) < 4.78 is 0. The second-order valence-electron chi connectivity index (χ2n) is 0.283. The van der Waals surface area contributed by atoms with E-state index in [0.717, 1.165) is 0 Å². The highest BCUT2D eigenvalue weighted by Crippen LogP contribution is 1.42. The van der Waals surface area contributed by atoms with E-state index in [0.29, 0.717) is 0 Å². The van der Waals surface area contributed by atoms with Gasteiger partial charge in [-0.1, -0.05) is 0 Å². The SMILES string of the molecule is Cl.O.O=C(O)O.[MgH2]. The first-order valence-electron chi connectivity index (χ1n) is 0.651. The van der Waals surface area contributed by atoms with Crippen molar-refractivity contribution in [3.8, 4) is 0 Å². The van der Waals surface area contributed by atoms with Crippen LogP contribution in [-0.4, -0.2) is 44.9 Å². The number of hydrogen-bond donors (Lipinski definition) is 2. The largest absolute Gasteiger partial charge is 0.503 e. The molecule has 0 unspecified atom stereocenters. The van der Waals surface area contributed by atoms with Crippen LogP contribution in [0.4, 0.5) is 4.79 Å². The highest BCUT2D eigenvalue weighted by atomic mass is 35.5. The summed E-state index contributed by atoms with van der Waals surface area (Å²) in [6.07, 6.45) is -1.83. The minimum absolute atomic E-state index is 0. The van der Waals surface area contributed by atoms with Gasteiger partial charge in [-0.05, 0) is 0 Å². The van der Waals surface area contributed by atoms with E-state index in [1.54, 1.807) is 0 Å². The van der Waals surface area contributed by atoms with Crippen LogP contribution in [0.3, 0.4) is 0 Å². The van der Waals surface area contributed by atoms with Crippen molar-refractivity contribution in [1.82, 2.24) is 0 Å². The standard InChI is InChI=1S/CH2O3.ClH.Mg.H2O.2H/c2-1(3)4;;;;;/h(H2,2,3,4);1H;;1H2;;. The Balaban J connectivity index is -0.0000000150. The van der Waals surface area contributed by atoms with E-state index in [1.807, 2.05) is 0 Å². The van der Waals surface area contributed by atoms with E-state index in [-0.39, 0.29) is 40.9 Å². The zero-order valence-electron chi connectivity index (χ0n) is 2.71. The fraction of sp³-hybridized carbons (Fsp3) is 0. The normalized spacial score (nSPS) is 3.43. The van der Waals surface area contributed by atoms with Crippen molar-refractivity contribution in [3.63, 3.8) is 0 Å². The predicted octanol–water partition coefficient (Wildman–Crippen LogP) is -1.10. The Labute approximate surface area is 62.4 Å². The first-order valence-corrected chi connectivity index (χ1v) is 0.651. The van der Waals surface area contributed by atoms with Gasteiger partial charge in [-0.25, -0.2) is 4.79 Å². The molecule has 4 N–H and O–H groups in total. The van der Waals surface area contributed by atoms with Crippen molar-refractivity contribution in [2.75, 3.05) is 0 Å². The van der Waals surface area contributed by atoms with E-state index in [1.165, 1.54) is 0 Å². The maximum Gasteiger partial charge on any atom is 0.503 e. The van der Waals surface area contributed by atoms with Gasteiger partial charge < -0.3 is 15.7 Å². The molecule has 0 aliphatic heterocycles. The minimum Gasteiger partial charge on any atom is -0.450 e. The summed E-state index contributed by atoms with van der Waals surface area (Å²) >= 11 is 0. The minimum atomic E-state index is -1.83. The molecule has 0 amide bonds. The fourth-order valence-corrected chi connectivity index (χ4v) is 0. The van der Waals surface area contributed by atoms with Crippen LogP contribution in [0.25, 0.3) is 0 Å². The molecule has 4 nitrogen and oxygen atoms in total. The number of hydrogen-bond acceptors (Lipinski definition) is 1. The molecule has 7 heavy (non-hydrogen) atoms. The molecule has 0 saturated carbocycles. The maximum atomic E-state index is 8.56. The molecule has 0 rings (SSSR count). The second kappa shape index (κ2) is 16.3. The van der Waals surface area contributed by atoms with E-state index in [2.05, 4.69) is 0 Å². The Bertz CT molecular complexity index is 34.7. The highest BCUT2D eigenvalue weighted by molar-refractivity contribution is 5.85. The summed E-state index contributed by atoms with van der Waals surface area (Å²) in [6, 6.07) is 0. The summed E-state index contributed by atoms with van der Waals surface area (Å²) in [7, 11) is 0. The predicted molar refractivity (Wildman–Crippen MR) is 30.1 cm³/mol. The Morgan fingerprint density at radius 2 is 1.29 bits per heavy atom. The number of carbonyl (C=O) groups is 1. The average molecular weight is 143 g/mol. The molecular weight excluding hydrogens is 136 g/mol. The number of carboxylic acid groups (broad SMARTS) is 2. The van der Waals surface area contributed by atoms with E-state index in [9.17, 15) is 0 Å². The lowest BCUT2D eigenvalue weighted by molar-refractivity contribution is 0.137. The van der Waals surface area contributed by atoms with Gasteiger partial charge in [-0.3, -0.25) is 0 Å². The van der Waals surface area contributed by atoms with Crippen LogP contribution in [0.1, 0.15) is 0 Å². The van der Waals surface area contributed by atoms with Crippen molar-refractivity contribution in [2.45, 2.75) is 0 Å². The van der Waals surface area contributed by atoms with E-state index < -0.39 is 6.16 Å². The first-order chi connectivity index (χ1) is 1.73. The lowest BCUT2D eigenvalue weighted by Crippen LogP contribution is -1.81. The van der Waals surface area contributed by atoms with Crippen LogP contribution < -0.4 is 0 Å². The van der Waals surface area contributed by atoms with Gasteiger partial charge in [-0.15, -0.1) is 12.4 Å². The highest BCUT2D eigenvalue weighted by Gasteiger charge is 1.70. The van der Waals surface area contributed by atoms with Crippen molar-refractivity contribution in [1.29, 1.82) is 0 Å². The van der Waals surface area contributed by atoms with E-state index >= 15 is 0 Å². The van der Waals surface area contributed by atoms with Crippen molar-refractivity contribution in [3.05, 3.63) is 0 Å². The quantitative estimate of drug-likeness (QED) is 0.421. The molecule has 0 aromatic heterocycles. The molecule has 0 spiro atoms. The average Bonchev–Trinajstić information content (AvgIpc) is 0.811. The molecule has 0 aliphatic rings. The lowest BCUT2D eigenvalue weighted by atomic mass is 11.5. The van der Waals surface area contributed by atoms with Gasteiger partial charge in [0.25, 0.3) is 0 Å². The first kappa shape index (κ1) is 26.7. The van der Waals surface area contributed by atoms with Gasteiger partial charge in [0.1, 0.15) is 0 Å². The molecule has 44 valence electrons. The monoisotopic (exact) mass is 142 g/mol. The van der Waals surface area contributed by atoms with Crippen molar-refractivity contribution in [2.24, 2.45) is 0 Å². The maximum absolute atomic E-state index is 8.56. The summed E-state index contributed by atoms with van der Waals surface area (Å²) in [5, 5.41) is 13.9. The molecule has 0 bridgehead atoms. The Hall–Kier alpha value is 0.286. The summed E-state index contributed by atoms with van der Waals surface area (Å²) in [6.45, 7) is 0. The van der Waals surface area contributed by atoms with Gasteiger partial charge in [0, 0.05) is 0 Å². The fourth-order valence-electron chi connectivity index (χ4n) is 0. The number of rotatable bonds is 0. The molecule has 0 fully saturated rings. The molecule has 0 radical (unpaired) electrons. The van der Waals surface area contributed by atoms with Crippen LogP contribution >= 0.6 is 12.4 Å². The van der Waals surface area contributed by atoms with Crippen LogP contribution in [0.15, 0.2) is 0 Å². The zero-order valence-corrected chi connectivity index (χ0v) is 3.53. The van der Waals surface area contributed by atoms with Gasteiger partial charge in [0.15, 0.2) is 0 Å². The van der Waals surface area contributed by atoms with Gasteiger partial charge >= 0.3 is 29.2 Å². The Morgan fingerprint density at radius 3 is 1.29 bits per heavy atom. The molecule has 0 aliphatic carbocycles. The Kier molecular flexibility index (Phi) is 62.0. The second-order valence-corrected chi connectivity index (χ2v) is 0.283. The van der Waals surface area contributed by atoms with Crippen molar-refractivity contribution >= 4 is 41.6 Å². The van der Waals surface area contributed by atoms with Crippen LogP contribution in [0.5, 0.6) is 0 Å². The van der Waals surface area contributed by atoms with Crippen LogP contribution in [0, 0.1) is 0 Å². The van der Waals surface area contributed by atoms with Crippen molar-refractivity contribution < 1.29 is 20.5 Å². The topological polar surface area (TPSA) is 89.0 Å². The summed E-state index contributed by atoms with van der Waals surface area (Å²) in [5.41, 5.74) is 0. The number of halogens is 1. The Morgan fingerprint density at radius 1 is 1.29 bits per heavy atom. The van der Waals surface area contributed by atoms with Crippen LogP contribution in [0.2, 0.25) is 0 Å². The zero-order chi connectivity index (χ0) is 3.58. The third-order valence-corrected chi connectivity index (χ3v) is 0. The van der Waals surface area contributed by atoms with Crippen LogP contribution in [-0.2, 0) is 0 Å². The summed E-state index contributed by atoms with van der Waals surface area (Å²) in [5.74, 6) is 0. The molecule has 0 aromatic rings. The summed E-state index contributed by atoms with van der Waals surface area (Å²) in [4.78, 5) is 8.56. The molecule has 0 saturated heterocycles. The third kappa shape index (κ3) is 1410. The molecular formula is CH7ClMgO4. The molecule has 0 aromatic carbocycles. The third-order valence-electron chi connectivity index (χ3n) is 0. The van der Waals surface area contributed by atoms with Gasteiger partial charge in [0.05, 0.1) is 0 Å². The smallest absolute Gasteiger partial charge is 0.450 e. The molecule has 0 atom stereocenters.